The first-order chi connectivity index (χ1) is 8.49. The Morgan fingerprint density at radius 3 is 2.16 bits per heavy atom. The predicted molar refractivity (Wildman–Crippen MR) is 71.4 cm³/mol. The average molecular weight is 312 g/mol. The van der Waals surface area contributed by atoms with E-state index in [4.69, 9.17) is 0 Å². The lowest BCUT2D eigenvalue weighted by atomic mass is 9.82. The number of nitrogens with one attached hydrogen (secondary N) is 1. The lowest BCUT2D eigenvalue weighted by Gasteiger charge is -2.36. The van der Waals surface area contributed by atoms with Crippen LogP contribution in [0.1, 0.15) is 39.0 Å². The van der Waals surface area contributed by atoms with Crippen LogP contribution in [0.3, 0.4) is 0 Å². The van der Waals surface area contributed by atoms with Gasteiger partial charge in [-0.1, -0.05) is 19.3 Å². The van der Waals surface area contributed by atoms with Crippen molar-refractivity contribution in [2.75, 3.05) is 24.6 Å². The Balaban J connectivity index is 0.00000180. The molecule has 0 radical (unpaired) electrons. The fourth-order valence-electron chi connectivity index (χ4n) is 3.38. The van der Waals surface area contributed by atoms with Gasteiger partial charge in [-0.05, 0) is 25.7 Å². The van der Waals surface area contributed by atoms with Crippen molar-refractivity contribution >= 4 is 9.84 Å². The lowest BCUT2D eigenvalue weighted by Crippen LogP contribution is -3.18. The van der Waals surface area contributed by atoms with Crippen LogP contribution in [0.5, 0.6) is 0 Å². The number of rotatable bonds is 3. The maximum Gasteiger partial charge on any atom is 0.161 e. The molecule has 2 unspecified atom stereocenters. The van der Waals surface area contributed by atoms with E-state index in [9.17, 15) is 13.5 Å². The quantitative estimate of drug-likeness (QED) is 0.572. The Kier molecular flexibility index (Phi) is 6.57. The summed E-state index contributed by atoms with van der Waals surface area (Å²) in [6.45, 7) is 3.40. The zero-order chi connectivity index (χ0) is 13.2. The van der Waals surface area contributed by atoms with Gasteiger partial charge < -0.3 is 22.4 Å². The van der Waals surface area contributed by atoms with Crippen LogP contribution >= 0.6 is 0 Å². The maximum atomic E-state index is 11.4. The highest BCUT2D eigenvalue weighted by Crippen LogP contribution is 2.27. The van der Waals surface area contributed by atoms with Gasteiger partial charge in [0.1, 0.15) is 12.1 Å². The van der Waals surface area contributed by atoms with E-state index in [1.54, 1.807) is 0 Å². The molecule has 2 rings (SSSR count). The first kappa shape index (κ1) is 17.2. The van der Waals surface area contributed by atoms with Crippen molar-refractivity contribution in [2.45, 2.75) is 51.2 Å². The van der Waals surface area contributed by atoms with Crippen LogP contribution in [0.15, 0.2) is 0 Å². The minimum Gasteiger partial charge on any atom is -1.00 e. The van der Waals surface area contributed by atoms with Crippen LogP contribution in [-0.2, 0) is 9.84 Å². The van der Waals surface area contributed by atoms with E-state index in [1.165, 1.54) is 24.2 Å². The summed E-state index contributed by atoms with van der Waals surface area (Å²) in [7, 11) is -2.80. The Labute approximate surface area is 122 Å². The van der Waals surface area contributed by atoms with Crippen molar-refractivity contribution in [3.8, 4) is 0 Å². The normalized spacial score (nSPS) is 28.3. The summed E-state index contributed by atoms with van der Waals surface area (Å²) in [6.07, 6.45) is 5.78. The summed E-state index contributed by atoms with van der Waals surface area (Å²) in [6, 6.07) is 0.170. The summed E-state index contributed by atoms with van der Waals surface area (Å²) >= 11 is 0. The minimum atomic E-state index is -2.80. The third-order valence-corrected chi connectivity index (χ3v) is 6.41. The number of halogens is 1. The lowest BCUT2D eigenvalue weighted by molar-refractivity contribution is -0.924. The highest BCUT2D eigenvalue weighted by molar-refractivity contribution is 7.91. The van der Waals surface area contributed by atoms with Crippen molar-refractivity contribution in [1.82, 2.24) is 0 Å². The molecule has 1 aliphatic carbocycles. The van der Waals surface area contributed by atoms with Crippen molar-refractivity contribution < 1.29 is 30.8 Å². The first-order valence-electron chi connectivity index (χ1n) is 7.23. The van der Waals surface area contributed by atoms with Gasteiger partial charge >= 0.3 is 0 Å². The van der Waals surface area contributed by atoms with Crippen molar-refractivity contribution in [2.24, 2.45) is 5.92 Å². The molecular weight excluding hydrogens is 286 g/mol. The van der Waals surface area contributed by atoms with Gasteiger partial charge in [0.2, 0.25) is 0 Å². The Bertz CT molecular complexity index is 354. The number of aliphatic hydroxyl groups excluding tert-OH is 1. The predicted octanol–water partition coefficient (Wildman–Crippen LogP) is -3.37. The zero-order valence-corrected chi connectivity index (χ0v) is 13.2. The monoisotopic (exact) mass is 311 g/mol. The molecule has 0 spiro atoms. The Hall–Kier alpha value is 0.160. The average Bonchev–Trinajstić information content (AvgIpc) is 2.38. The molecule has 2 atom stereocenters. The summed E-state index contributed by atoms with van der Waals surface area (Å²) in [5, 5.41) is 10.5. The standard InChI is InChI=1S/C13H25NO3S.ClH/c1-11(13(15)12-5-3-2-4-6-12)14-7-9-18(16,17)10-8-14;/h11-13,15H,2-10H2,1H3;1H. The van der Waals surface area contributed by atoms with Gasteiger partial charge in [-0.2, -0.15) is 0 Å². The molecule has 0 aromatic heterocycles. The van der Waals surface area contributed by atoms with Crippen LogP contribution in [0, 0.1) is 5.92 Å². The van der Waals surface area contributed by atoms with Crippen LogP contribution in [0.4, 0.5) is 0 Å². The summed E-state index contributed by atoms with van der Waals surface area (Å²) in [5.74, 6) is 0.994. The molecule has 0 bridgehead atoms. The third kappa shape index (κ3) is 4.59. The van der Waals surface area contributed by atoms with Crippen LogP contribution in [-0.4, -0.2) is 50.3 Å². The highest BCUT2D eigenvalue weighted by atomic mass is 35.5. The summed E-state index contributed by atoms with van der Waals surface area (Å²) < 4.78 is 22.8. The molecule has 1 saturated heterocycles. The topological polar surface area (TPSA) is 58.8 Å². The highest BCUT2D eigenvalue weighted by Gasteiger charge is 2.35. The van der Waals surface area contributed by atoms with Gasteiger partial charge in [0.25, 0.3) is 0 Å². The number of hydrogen-bond donors (Lipinski definition) is 2. The molecule has 0 amide bonds. The van der Waals surface area contributed by atoms with E-state index >= 15 is 0 Å². The molecule has 1 aliphatic heterocycles. The number of aliphatic hydroxyl groups is 1. The SMILES string of the molecule is CC(C(O)C1CCCCC1)[NH+]1CCS(=O)(=O)CC1.[Cl-]. The molecule has 2 fully saturated rings. The summed E-state index contributed by atoms with van der Waals surface area (Å²) in [4.78, 5) is 1.27. The number of sulfone groups is 1. The van der Waals surface area contributed by atoms with E-state index in [-0.39, 0.29) is 36.1 Å². The fraction of sp³-hybridized carbons (Fsp3) is 1.00. The molecule has 19 heavy (non-hydrogen) atoms. The molecule has 2 aliphatic rings. The van der Waals surface area contributed by atoms with Gasteiger partial charge in [0, 0.05) is 0 Å². The van der Waals surface area contributed by atoms with Crippen molar-refractivity contribution in [3.63, 3.8) is 0 Å². The van der Waals surface area contributed by atoms with Crippen LogP contribution in [0.2, 0.25) is 0 Å². The summed E-state index contributed by atoms with van der Waals surface area (Å²) in [5.41, 5.74) is 0. The Morgan fingerprint density at radius 2 is 1.63 bits per heavy atom. The molecule has 2 N–H and O–H groups in total. The molecule has 0 aromatic carbocycles. The van der Waals surface area contributed by atoms with E-state index in [2.05, 4.69) is 6.92 Å². The van der Waals surface area contributed by atoms with E-state index in [0.717, 1.165) is 12.8 Å². The first-order valence-corrected chi connectivity index (χ1v) is 9.05. The largest absolute Gasteiger partial charge is 1.00 e. The van der Waals surface area contributed by atoms with E-state index in [1.807, 2.05) is 0 Å². The smallest absolute Gasteiger partial charge is 0.161 e. The fourth-order valence-corrected chi connectivity index (χ4v) is 4.73. The van der Waals surface area contributed by atoms with Crippen LogP contribution in [0.25, 0.3) is 0 Å². The van der Waals surface area contributed by atoms with Crippen molar-refractivity contribution in [3.05, 3.63) is 0 Å². The van der Waals surface area contributed by atoms with Gasteiger partial charge in [-0.3, -0.25) is 0 Å². The molecule has 1 heterocycles. The molecule has 114 valence electrons. The van der Waals surface area contributed by atoms with Gasteiger partial charge in [-0.25, -0.2) is 8.42 Å². The second kappa shape index (κ2) is 7.25. The van der Waals surface area contributed by atoms with Crippen LogP contribution < -0.4 is 17.3 Å². The molecule has 0 aromatic rings. The second-order valence-electron chi connectivity index (χ2n) is 5.99. The second-order valence-corrected chi connectivity index (χ2v) is 8.29. The maximum absolute atomic E-state index is 11.4. The minimum absolute atomic E-state index is 0. The number of hydrogen-bond acceptors (Lipinski definition) is 3. The zero-order valence-electron chi connectivity index (χ0n) is 11.6. The van der Waals surface area contributed by atoms with Gasteiger partial charge in [0.15, 0.2) is 9.84 Å². The molecule has 6 heteroatoms. The number of quaternary nitrogens is 1. The van der Waals surface area contributed by atoms with Crippen molar-refractivity contribution in [1.29, 1.82) is 0 Å². The third-order valence-electron chi connectivity index (χ3n) is 4.76. The molecule has 1 saturated carbocycles. The molecular formula is C13H26ClNO3S. The molecule has 4 nitrogen and oxygen atoms in total. The van der Waals surface area contributed by atoms with Gasteiger partial charge in [-0.15, -0.1) is 0 Å². The van der Waals surface area contributed by atoms with E-state index in [0.29, 0.717) is 19.0 Å². The Morgan fingerprint density at radius 1 is 1.11 bits per heavy atom. The van der Waals surface area contributed by atoms with Gasteiger partial charge in [0.05, 0.1) is 24.6 Å². The van der Waals surface area contributed by atoms with E-state index < -0.39 is 9.84 Å².